The maximum absolute atomic E-state index is 12.0. The molecule has 7 heteroatoms. The Hall–Kier alpha value is -2.57. The van der Waals surface area contributed by atoms with Crippen molar-refractivity contribution in [3.8, 4) is 5.75 Å². The smallest absolute Gasteiger partial charge is 0.295 e. The lowest BCUT2D eigenvalue weighted by atomic mass is 10.2. The summed E-state index contributed by atoms with van der Waals surface area (Å²) in [5.74, 6) is 0.978. The number of aryl methyl sites for hydroxylation is 1. The van der Waals surface area contributed by atoms with Crippen LogP contribution in [0.3, 0.4) is 0 Å². The minimum atomic E-state index is -0.413. The van der Waals surface area contributed by atoms with Crippen LogP contribution in [0.1, 0.15) is 29.8 Å². The van der Waals surface area contributed by atoms with E-state index in [0.717, 1.165) is 12.8 Å². The Morgan fingerprint density at radius 3 is 3.00 bits per heavy atom. The zero-order valence-corrected chi connectivity index (χ0v) is 11.4. The van der Waals surface area contributed by atoms with Crippen LogP contribution >= 0.6 is 0 Å². The highest BCUT2D eigenvalue weighted by Gasteiger charge is 2.14. The summed E-state index contributed by atoms with van der Waals surface area (Å²) in [5, 5.41) is 9.28. The van der Waals surface area contributed by atoms with E-state index < -0.39 is 5.91 Å². The molecule has 2 rings (SSSR count). The second-order valence-electron chi connectivity index (χ2n) is 4.26. The Kier molecular flexibility index (Phi) is 4.19. The van der Waals surface area contributed by atoms with Gasteiger partial charge in [-0.25, -0.2) is 4.98 Å². The number of aromatic amines is 1. The third-order valence-corrected chi connectivity index (χ3v) is 2.73. The second-order valence-corrected chi connectivity index (χ2v) is 4.26. The van der Waals surface area contributed by atoms with Crippen LogP contribution in [0.5, 0.6) is 5.75 Å². The number of carbonyl (C=O) groups excluding carboxylic acids is 1. The summed E-state index contributed by atoms with van der Waals surface area (Å²) in [7, 11) is 1.55. The van der Waals surface area contributed by atoms with Gasteiger partial charge in [-0.3, -0.25) is 9.89 Å². The van der Waals surface area contributed by atoms with Crippen molar-refractivity contribution in [2.45, 2.75) is 19.8 Å². The van der Waals surface area contributed by atoms with Gasteiger partial charge in [-0.15, -0.1) is 5.10 Å². The molecule has 0 bridgehead atoms. The molecule has 0 unspecified atom stereocenters. The Labute approximate surface area is 116 Å². The number of aromatic nitrogens is 3. The largest absolute Gasteiger partial charge is 0.497 e. The van der Waals surface area contributed by atoms with Crippen LogP contribution in [-0.2, 0) is 6.42 Å². The standard InChI is InChI=1S/C13H17N5O2/c1-3-4-11-16-12(18-17-11)13(19)15-10-7-8(20-2)5-6-9(10)14/h5-7H,3-4,14H2,1-2H3,(H,15,19)(H,16,17,18). The fourth-order valence-electron chi connectivity index (χ4n) is 1.69. The van der Waals surface area contributed by atoms with Gasteiger partial charge in [0.25, 0.3) is 5.91 Å². The average molecular weight is 275 g/mol. The third kappa shape index (κ3) is 3.05. The predicted molar refractivity (Wildman–Crippen MR) is 75.7 cm³/mol. The average Bonchev–Trinajstić information content (AvgIpc) is 2.90. The molecule has 1 amide bonds. The molecule has 0 fully saturated rings. The first kappa shape index (κ1) is 13.9. The maximum Gasteiger partial charge on any atom is 0.295 e. The lowest BCUT2D eigenvalue weighted by Crippen LogP contribution is -2.15. The number of anilines is 2. The predicted octanol–water partition coefficient (Wildman–Crippen LogP) is 1.60. The fourth-order valence-corrected chi connectivity index (χ4v) is 1.69. The maximum atomic E-state index is 12.0. The van der Waals surface area contributed by atoms with Crippen molar-refractivity contribution in [3.63, 3.8) is 0 Å². The molecule has 0 aliphatic heterocycles. The van der Waals surface area contributed by atoms with Gasteiger partial charge in [0.05, 0.1) is 18.5 Å². The normalized spacial score (nSPS) is 10.3. The van der Waals surface area contributed by atoms with Crippen LogP contribution in [-0.4, -0.2) is 28.2 Å². The van der Waals surface area contributed by atoms with Crippen LogP contribution in [0.4, 0.5) is 11.4 Å². The molecule has 7 nitrogen and oxygen atoms in total. The summed E-state index contributed by atoms with van der Waals surface area (Å²) >= 11 is 0. The van der Waals surface area contributed by atoms with E-state index in [1.807, 2.05) is 6.92 Å². The van der Waals surface area contributed by atoms with Crippen LogP contribution in [0, 0.1) is 0 Å². The fraction of sp³-hybridized carbons (Fsp3) is 0.308. The number of hydrogen-bond donors (Lipinski definition) is 3. The first-order valence-corrected chi connectivity index (χ1v) is 6.30. The quantitative estimate of drug-likeness (QED) is 0.719. The number of benzene rings is 1. The molecule has 0 atom stereocenters. The topological polar surface area (TPSA) is 106 Å². The number of hydrogen-bond acceptors (Lipinski definition) is 5. The molecular formula is C13H17N5O2. The zero-order valence-electron chi connectivity index (χ0n) is 11.4. The van der Waals surface area contributed by atoms with E-state index in [-0.39, 0.29) is 5.82 Å². The molecular weight excluding hydrogens is 258 g/mol. The summed E-state index contributed by atoms with van der Waals surface area (Å²) in [5.41, 5.74) is 6.72. The molecule has 0 aliphatic rings. The molecule has 0 saturated heterocycles. The number of nitrogens with zero attached hydrogens (tertiary/aromatic N) is 2. The van der Waals surface area contributed by atoms with Crippen molar-refractivity contribution in [3.05, 3.63) is 29.8 Å². The monoisotopic (exact) mass is 275 g/mol. The number of nitrogens with one attached hydrogen (secondary N) is 2. The Balaban J connectivity index is 2.14. The molecule has 1 aromatic heterocycles. The van der Waals surface area contributed by atoms with Gasteiger partial charge in [-0.1, -0.05) is 6.92 Å². The van der Waals surface area contributed by atoms with E-state index >= 15 is 0 Å². The highest BCUT2D eigenvalue weighted by atomic mass is 16.5. The summed E-state index contributed by atoms with van der Waals surface area (Å²) in [4.78, 5) is 16.1. The van der Waals surface area contributed by atoms with E-state index in [9.17, 15) is 4.79 Å². The van der Waals surface area contributed by atoms with Crippen molar-refractivity contribution in [2.24, 2.45) is 0 Å². The highest BCUT2D eigenvalue weighted by Crippen LogP contribution is 2.24. The lowest BCUT2D eigenvalue weighted by Gasteiger charge is -2.08. The van der Waals surface area contributed by atoms with Crippen molar-refractivity contribution in [1.29, 1.82) is 0 Å². The summed E-state index contributed by atoms with van der Waals surface area (Å²) in [6.45, 7) is 2.03. The number of rotatable bonds is 5. The number of nitrogens with two attached hydrogens (primary N) is 1. The molecule has 0 saturated carbocycles. The molecule has 0 spiro atoms. The number of H-pyrrole nitrogens is 1. The molecule has 2 aromatic rings. The van der Waals surface area contributed by atoms with Gasteiger partial charge >= 0.3 is 0 Å². The SMILES string of the molecule is CCCc1nc(C(=O)Nc2cc(OC)ccc2N)n[nH]1. The van der Waals surface area contributed by atoms with Gasteiger partial charge in [0, 0.05) is 12.5 Å². The van der Waals surface area contributed by atoms with Crippen LogP contribution in [0.15, 0.2) is 18.2 Å². The molecule has 20 heavy (non-hydrogen) atoms. The lowest BCUT2D eigenvalue weighted by molar-refractivity contribution is 0.101. The van der Waals surface area contributed by atoms with Gasteiger partial charge in [-0.2, -0.15) is 0 Å². The Bertz CT molecular complexity index is 609. The van der Waals surface area contributed by atoms with E-state index in [4.69, 9.17) is 10.5 Å². The van der Waals surface area contributed by atoms with Crippen molar-refractivity contribution >= 4 is 17.3 Å². The van der Waals surface area contributed by atoms with Crippen molar-refractivity contribution < 1.29 is 9.53 Å². The molecule has 0 radical (unpaired) electrons. The summed E-state index contributed by atoms with van der Waals surface area (Å²) < 4.78 is 5.09. The molecule has 4 N–H and O–H groups in total. The number of carbonyl (C=O) groups is 1. The number of amides is 1. The van der Waals surface area contributed by atoms with Gasteiger partial charge in [0.2, 0.25) is 5.82 Å². The Morgan fingerprint density at radius 1 is 1.50 bits per heavy atom. The van der Waals surface area contributed by atoms with Crippen molar-refractivity contribution in [1.82, 2.24) is 15.2 Å². The second kappa shape index (κ2) is 6.05. The molecule has 1 heterocycles. The first-order valence-electron chi connectivity index (χ1n) is 6.30. The van der Waals surface area contributed by atoms with Gasteiger partial charge in [0.1, 0.15) is 11.6 Å². The van der Waals surface area contributed by atoms with E-state index in [0.29, 0.717) is 22.9 Å². The number of ether oxygens (including phenoxy) is 1. The van der Waals surface area contributed by atoms with Gasteiger partial charge < -0.3 is 15.8 Å². The van der Waals surface area contributed by atoms with Crippen molar-refractivity contribution in [2.75, 3.05) is 18.2 Å². The first-order chi connectivity index (χ1) is 9.63. The minimum Gasteiger partial charge on any atom is -0.497 e. The zero-order chi connectivity index (χ0) is 14.5. The van der Waals surface area contributed by atoms with E-state index in [2.05, 4.69) is 20.5 Å². The van der Waals surface area contributed by atoms with E-state index in [1.165, 1.54) is 0 Å². The highest BCUT2D eigenvalue weighted by molar-refractivity contribution is 6.03. The summed E-state index contributed by atoms with van der Waals surface area (Å²) in [6, 6.07) is 5.03. The van der Waals surface area contributed by atoms with E-state index in [1.54, 1.807) is 25.3 Å². The molecule has 1 aromatic carbocycles. The molecule has 0 aliphatic carbocycles. The van der Waals surface area contributed by atoms with Crippen LogP contribution in [0.25, 0.3) is 0 Å². The van der Waals surface area contributed by atoms with Crippen LogP contribution in [0.2, 0.25) is 0 Å². The van der Waals surface area contributed by atoms with Gasteiger partial charge in [0.15, 0.2) is 0 Å². The van der Waals surface area contributed by atoms with Gasteiger partial charge in [-0.05, 0) is 18.6 Å². The minimum absolute atomic E-state index is 0.0932. The van der Waals surface area contributed by atoms with Crippen LogP contribution < -0.4 is 15.8 Å². The Morgan fingerprint density at radius 2 is 2.30 bits per heavy atom. The summed E-state index contributed by atoms with van der Waals surface area (Å²) in [6.07, 6.45) is 1.68. The molecule has 106 valence electrons. The third-order valence-electron chi connectivity index (χ3n) is 2.73. The number of nitrogen functional groups attached to an aromatic ring is 1. The number of methoxy groups -OCH3 is 1.